The van der Waals surface area contributed by atoms with Crippen LogP contribution in [0.5, 0.6) is 5.75 Å². The lowest BCUT2D eigenvalue weighted by Gasteiger charge is -2.27. The monoisotopic (exact) mass is 311 g/mol. The number of carbonyl (C=O) groups is 1. The Labute approximate surface area is 133 Å². The lowest BCUT2D eigenvalue weighted by Crippen LogP contribution is -2.40. The van der Waals surface area contributed by atoms with Crippen molar-refractivity contribution in [1.29, 1.82) is 0 Å². The summed E-state index contributed by atoms with van der Waals surface area (Å²) in [6.07, 6.45) is 0.800. The molecule has 0 atom stereocenters. The van der Waals surface area contributed by atoms with E-state index in [1.165, 1.54) is 5.56 Å². The highest BCUT2D eigenvalue weighted by atomic mass is 35.5. The second-order valence-corrected chi connectivity index (χ2v) is 6.48. The number of halogens is 1. The molecule has 4 heteroatoms. The summed E-state index contributed by atoms with van der Waals surface area (Å²) >= 11 is 5.83. The molecule has 0 heterocycles. The Morgan fingerprint density at radius 3 is 2.62 bits per heavy atom. The van der Waals surface area contributed by atoms with E-state index in [0.717, 1.165) is 17.7 Å². The first-order valence-electron chi connectivity index (χ1n) is 7.29. The molecule has 0 fully saturated rings. The number of hydrogen-bond acceptors (Lipinski definition) is 2. The van der Waals surface area contributed by atoms with Crippen LogP contribution in [0.4, 0.5) is 0 Å². The van der Waals surface area contributed by atoms with E-state index in [2.05, 4.69) is 12.1 Å². The van der Waals surface area contributed by atoms with Crippen LogP contribution in [0.15, 0.2) is 18.2 Å². The summed E-state index contributed by atoms with van der Waals surface area (Å²) in [6.45, 7) is 9.09. The fourth-order valence-corrected chi connectivity index (χ4v) is 2.14. The average molecular weight is 312 g/mol. The minimum absolute atomic E-state index is 0.0734. The maximum atomic E-state index is 12.2. The minimum Gasteiger partial charge on any atom is -0.493 e. The summed E-state index contributed by atoms with van der Waals surface area (Å²) in [5.41, 5.74) is 1.81. The summed E-state index contributed by atoms with van der Waals surface area (Å²) in [5, 5.41) is 0. The molecule has 0 aliphatic carbocycles. The quantitative estimate of drug-likeness (QED) is 0.566. The minimum atomic E-state index is -0.510. The molecular weight excluding hydrogens is 286 g/mol. The van der Waals surface area contributed by atoms with Crippen molar-refractivity contribution in [3.63, 3.8) is 0 Å². The molecule has 0 aromatic heterocycles. The molecule has 1 aromatic rings. The third kappa shape index (κ3) is 5.24. The molecule has 21 heavy (non-hydrogen) atoms. The van der Waals surface area contributed by atoms with E-state index in [1.807, 2.05) is 40.8 Å². The lowest BCUT2D eigenvalue weighted by atomic mass is 9.94. The number of hydrogen-bond donors (Lipinski definition) is 0. The van der Waals surface area contributed by atoms with Crippen molar-refractivity contribution in [3.8, 4) is 5.75 Å². The second kappa shape index (κ2) is 7.69. The van der Waals surface area contributed by atoms with Gasteiger partial charge in [-0.1, -0.05) is 12.1 Å². The Morgan fingerprint density at radius 1 is 1.33 bits per heavy atom. The number of nitrogens with zero attached hydrogens (tertiary/aromatic N) is 1. The number of ether oxygens (including phenoxy) is 1. The predicted molar refractivity (Wildman–Crippen MR) is 88.2 cm³/mol. The van der Waals surface area contributed by atoms with Gasteiger partial charge in [0.05, 0.1) is 12.0 Å². The molecule has 0 radical (unpaired) electrons. The lowest BCUT2D eigenvalue weighted by molar-refractivity contribution is -0.137. The van der Waals surface area contributed by atoms with Gasteiger partial charge in [0.25, 0.3) is 0 Å². The molecule has 0 aliphatic heterocycles. The van der Waals surface area contributed by atoms with E-state index in [-0.39, 0.29) is 5.91 Å². The third-order valence-corrected chi connectivity index (χ3v) is 4.17. The molecule has 0 saturated carbocycles. The van der Waals surface area contributed by atoms with Crippen molar-refractivity contribution in [1.82, 2.24) is 4.90 Å². The summed E-state index contributed by atoms with van der Waals surface area (Å²) < 4.78 is 5.80. The van der Waals surface area contributed by atoms with Crippen LogP contribution in [0.1, 0.15) is 31.4 Å². The largest absolute Gasteiger partial charge is 0.493 e. The number of benzene rings is 1. The Kier molecular flexibility index (Phi) is 6.53. The first-order valence-corrected chi connectivity index (χ1v) is 7.83. The molecule has 3 nitrogen and oxygen atoms in total. The van der Waals surface area contributed by atoms with Crippen LogP contribution in [-0.4, -0.2) is 36.9 Å². The van der Waals surface area contributed by atoms with Gasteiger partial charge in [-0.05, 0) is 51.3 Å². The van der Waals surface area contributed by atoms with Crippen LogP contribution >= 0.6 is 11.6 Å². The van der Waals surface area contributed by atoms with E-state index >= 15 is 0 Å². The topological polar surface area (TPSA) is 29.5 Å². The Balaban J connectivity index is 2.40. The normalized spacial score (nSPS) is 11.3. The highest BCUT2D eigenvalue weighted by Gasteiger charge is 2.29. The molecule has 1 rings (SSSR count). The van der Waals surface area contributed by atoms with E-state index in [1.54, 1.807) is 4.90 Å². The van der Waals surface area contributed by atoms with Gasteiger partial charge >= 0.3 is 0 Å². The number of carbonyl (C=O) groups excluding carboxylic acids is 1. The highest BCUT2D eigenvalue weighted by Crippen LogP contribution is 2.21. The fourth-order valence-electron chi connectivity index (χ4n) is 2.02. The molecule has 0 saturated heterocycles. The van der Waals surface area contributed by atoms with Gasteiger partial charge in [0.15, 0.2) is 0 Å². The summed E-state index contributed by atoms with van der Waals surface area (Å²) in [7, 11) is 1.81. The van der Waals surface area contributed by atoms with Crippen molar-refractivity contribution in [2.45, 2.75) is 34.1 Å². The second-order valence-electron chi connectivity index (χ2n) is 6.22. The van der Waals surface area contributed by atoms with Gasteiger partial charge < -0.3 is 9.64 Å². The third-order valence-electron chi connectivity index (χ3n) is 3.50. The summed E-state index contributed by atoms with van der Waals surface area (Å²) in [5.74, 6) is 1.32. The predicted octanol–water partition coefficient (Wildman–Crippen LogP) is 3.80. The number of aryl methyl sites for hydroxylation is 2. The highest BCUT2D eigenvalue weighted by molar-refractivity contribution is 6.19. The van der Waals surface area contributed by atoms with Gasteiger partial charge in [0.2, 0.25) is 5.91 Å². The zero-order chi connectivity index (χ0) is 16.0. The molecule has 1 aromatic carbocycles. The van der Waals surface area contributed by atoms with Crippen LogP contribution < -0.4 is 4.74 Å². The Morgan fingerprint density at radius 2 is 2.00 bits per heavy atom. The zero-order valence-electron chi connectivity index (χ0n) is 13.7. The van der Waals surface area contributed by atoms with Crippen LogP contribution in [0, 0.1) is 19.3 Å². The van der Waals surface area contributed by atoms with Crippen LogP contribution in [0.2, 0.25) is 0 Å². The zero-order valence-corrected chi connectivity index (χ0v) is 14.5. The fraction of sp³-hybridized carbons (Fsp3) is 0.588. The van der Waals surface area contributed by atoms with Gasteiger partial charge in [-0.15, -0.1) is 11.6 Å². The average Bonchev–Trinajstić information content (AvgIpc) is 2.45. The van der Waals surface area contributed by atoms with Gasteiger partial charge in [0.1, 0.15) is 5.75 Å². The molecule has 1 amide bonds. The van der Waals surface area contributed by atoms with Crippen LogP contribution in [-0.2, 0) is 4.79 Å². The smallest absolute Gasteiger partial charge is 0.229 e. The van der Waals surface area contributed by atoms with Crippen molar-refractivity contribution in [2.24, 2.45) is 5.41 Å². The van der Waals surface area contributed by atoms with Gasteiger partial charge in [-0.25, -0.2) is 0 Å². The summed E-state index contributed by atoms with van der Waals surface area (Å²) in [6, 6.07) is 6.17. The Bertz CT molecular complexity index is 486. The van der Waals surface area contributed by atoms with E-state index in [9.17, 15) is 4.79 Å². The number of rotatable bonds is 7. The first-order chi connectivity index (χ1) is 9.77. The maximum Gasteiger partial charge on any atom is 0.229 e. The molecule has 0 unspecified atom stereocenters. The molecule has 118 valence electrons. The van der Waals surface area contributed by atoms with Crippen molar-refractivity contribution in [3.05, 3.63) is 29.3 Å². The maximum absolute atomic E-state index is 12.2. The summed E-state index contributed by atoms with van der Waals surface area (Å²) in [4.78, 5) is 13.9. The van der Waals surface area contributed by atoms with E-state index in [4.69, 9.17) is 16.3 Å². The standard InChI is InChI=1S/C17H26ClNO2/c1-13-7-8-14(2)15(11-13)21-10-6-9-19(5)16(20)17(3,4)12-18/h7-8,11H,6,9-10,12H2,1-5H3. The molecule has 0 N–H and O–H groups in total. The van der Waals surface area contributed by atoms with Crippen molar-refractivity contribution < 1.29 is 9.53 Å². The molecule has 0 bridgehead atoms. The van der Waals surface area contributed by atoms with Gasteiger partial charge in [-0.3, -0.25) is 4.79 Å². The Hall–Kier alpha value is -1.22. The molecular formula is C17H26ClNO2. The van der Waals surface area contributed by atoms with Gasteiger partial charge in [0, 0.05) is 19.5 Å². The first kappa shape index (κ1) is 17.8. The number of alkyl halides is 1. The molecule has 0 spiro atoms. The van der Waals surface area contributed by atoms with E-state index < -0.39 is 5.41 Å². The van der Waals surface area contributed by atoms with Gasteiger partial charge in [-0.2, -0.15) is 0 Å². The van der Waals surface area contributed by atoms with Crippen LogP contribution in [0.25, 0.3) is 0 Å². The van der Waals surface area contributed by atoms with Crippen molar-refractivity contribution in [2.75, 3.05) is 26.1 Å². The molecule has 0 aliphatic rings. The van der Waals surface area contributed by atoms with Crippen LogP contribution in [0.3, 0.4) is 0 Å². The SMILES string of the molecule is Cc1ccc(C)c(OCCCN(C)C(=O)C(C)(C)CCl)c1. The van der Waals surface area contributed by atoms with E-state index in [0.29, 0.717) is 19.0 Å². The number of amides is 1. The van der Waals surface area contributed by atoms with Crippen molar-refractivity contribution >= 4 is 17.5 Å².